The molecule has 0 saturated carbocycles. The van der Waals surface area contributed by atoms with Gasteiger partial charge in [-0.3, -0.25) is 14.9 Å². The molecule has 1 aromatic heterocycles. The van der Waals surface area contributed by atoms with Crippen LogP contribution in [0.15, 0.2) is 36.4 Å². The van der Waals surface area contributed by atoms with E-state index in [1.54, 1.807) is 18.2 Å². The summed E-state index contributed by atoms with van der Waals surface area (Å²) in [4.78, 5) is 36.3. The van der Waals surface area contributed by atoms with Gasteiger partial charge in [-0.1, -0.05) is 12.1 Å². The number of carbonyl (C=O) groups excluding carboxylic acids is 3. The van der Waals surface area contributed by atoms with Gasteiger partial charge in [0.15, 0.2) is 0 Å². The molecule has 1 aliphatic heterocycles. The fourth-order valence-corrected chi connectivity index (χ4v) is 4.12. The highest BCUT2D eigenvalue weighted by Crippen LogP contribution is 2.40. The number of esters is 1. The van der Waals surface area contributed by atoms with Gasteiger partial charge in [-0.05, 0) is 41.6 Å². The maximum atomic E-state index is 11.7. The van der Waals surface area contributed by atoms with Crippen molar-refractivity contribution in [2.45, 2.75) is 5.25 Å². The molecule has 7 heteroatoms. The second-order valence-corrected chi connectivity index (χ2v) is 6.74. The molecule has 5 nitrogen and oxygen atoms in total. The molecular weight excluding hydrogens is 322 g/mol. The van der Waals surface area contributed by atoms with Gasteiger partial charge >= 0.3 is 5.97 Å². The Morgan fingerprint density at radius 3 is 2.73 bits per heavy atom. The first-order valence-electron chi connectivity index (χ1n) is 6.38. The van der Waals surface area contributed by atoms with Crippen LogP contribution in [0.4, 0.5) is 4.79 Å². The van der Waals surface area contributed by atoms with E-state index in [9.17, 15) is 14.4 Å². The van der Waals surface area contributed by atoms with Crippen molar-refractivity contribution < 1.29 is 19.1 Å². The summed E-state index contributed by atoms with van der Waals surface area (Å²) in [6.45, 7) is 0. The van der Waals surface area contributed by atoms with Crippen molar-refractivity contribution in [2.75, 3.05) is 7.11 Å². The van der Waals surface area contributed by atoms with Crippen LogP contribution in [0.2, 0.25) is 0 Å². The summed E-state index contributed by atoms with van der Waals surface area (Å²) in [5, 5.41) is 1.46. The van der Waals surface area contributed by atoms with Crippen LogP contribution in [-0.4, -0.2) is 24.2 Å². The highest BCUT2D eigenvalue weighted by atomic mass is 32.2. The van der Waals surface area contributed by atoms with Crippen LogP contribution >= 0.6 is 23.1 Å². The Hall–Kier alpha value is -2.12. The summed E-state index contributed by atoms with van der Waals surface area (Å²) in [5.74, 6) is -0.679. The fraction of sp³-hybridized carbons (Fsp3) is 0.133. The smallest absolute Gasteiger partial charge is 0.337 e. The fourth-order valence-electron chi connectivity index (χ4n) is 2.11. The topological polar surface area (TPSA) is 72.5 Å². The third kappa shape index (κ3) is 2.77. The van der Waals surface area contributed by atoms with Crippen molar-refractivity contribution in [3.8, 4) is 10.4 Å². The monoisotopic (exact) mass is 333 g/mol. The Morgan fingerprint density at radius 2 is 2.05 bits per heavy atom. The van der Waals surface area contributed by atoms with Crippen LogP contribution in [0.3, 0.4) is 0 Å². The lowest BCUT2D eigenvalue weighted by Gasteiger charge is -2.03. The summed E-state index contributed by atoms with van der Waals surface area (Å²) in [6, 6.07) is 10.8. The molecule has 3 rings (SSSR count). The normalized spacial score (nSPS) is 17.4. The molecule has 1 saturated heterocycles. The number of rotatable bonds is 3. The molecule has 1 unspecified atom stereocenters. The summed E-state index contributed by atoms with van der Waals surface area (Å²) in [6.07, 6.45) is 0. The van der Waals surface area contributed by atoms with E-state index in [1.165, 1.54) is 18.4 Å². The van der Waals surface area contributed by atoms with Gasteiger partial charge in [0.2, 0.25) is 5.91 Å². The number of amides is 2. The standard InChI is InChI=1S/C15H11NO4S2/c1-20-14(18)9-4-2-3-8(7-9)10-5-6-11(21-10)12-13(17)16-15(19)22-12/h2-7,12H,1H3,(H,16,17,19). The first-order valence-corrected chi connectivity index (χ1v) is 8.08. The minimum Gasteiger partial charge on any atom is -0.465 e. The Bertz CT molecular complexity index is 768. The van der Waals surface area contributed by atoms with Crippen LogP contribution in [-0.2, 0) is 9.53 Å². The molecule has 1 N–H and O–H groups in total. The van der Waals surface area contributed by atoms with Crippen molar-refractivity contribution in [2.24, 2.45) is 0 Å². The Balaban J connectivity index is 1.89. The van der Waals surface area contributed by atoms with E-state index in [0.717, 1.165) is 27.1 Å². The SMILES string of the molecule is COC(=O)c1cccc(-c2ccc(C3SC(=O)NC3=O)s2)c1. The number of methoxy groups -OCH3 is 1. The molecule has 1 fully saturated rings. The minimum absolute atomic E-state index is 0.285. The van der Waals surface area contributed by atoms with Crippen molar-refractivity contribution in [3.05, 3.63) is 46.8 Å². The van der Waals surface area contributed by atoms with Gasteiger partial charge in [0.05, 0.1) is 12.7 Å². The molecule has 2 aromatic rings. The molecular formula is C15H11NO4S2. The average Bonchev–Trinajstić information content (AvgIpc) is 3.13. The first kappa shape index (κ1) is 14.8. The third-order valence-electron chi connectivity index (χ3n) is 3.14. The molecule has 0 aliphatic carbocycles. The lowest BCUT2D eigenvalue weighted by Crippen LogP contribution is -2.20. The molecule has 2 amide bonds. The molecule has 1 aromatic carbocycles. The van der Waals surface area contributed by atoms with Crippen molar-refractivity contribution >= 4 is 40.2 Å². The van der Waals surface area contributed by atoms with Crippen LogP contribution in [0, 0.1) is 0 Å². The maximum Gasteiger partial charge on any atom is 0.337 e. The number of nitrogens with one attached hydrogen (secondary N) is 1. The van der Waals surface area contributed by atoms with Crippen molar-refractivity contribution in [1.82, 2.24) is 5.32 Å². The molecule has 1 atom stereocenters. The molecule has 1 aliphatic rings. The van der Waals surface area contributed by atoms with E-state index < -0.39 is 11.2 Å². The van der Waals surface area contributed by atoms with Crippen molar-refractivity contribution in [1.29, 1.82) is 0 Å². The van der Waals surface area contributed by atoms with Crippen LogP contribution < -0.4 is 5.32 Å². The quantitative estimate of drug-likeness (QED) is 0.873. The number of hydrogen-bond acceptors (Lipinski definition) is 6. The van der Waals surface area contributed by atoms with E-state index in [1.807, 2.05) is 18.2 Å². The van der Waals surface area contributed by atoms with Crippen LogP contribution in [0.1, 0.15) is 20.5 Å². The van der Waals surface area contributed by atoms with E-state index >= 15 is 0 Å². The van der Waals surface area contributed by atoms with Gasteiger partial charge in [-0.15, -0.1) is 11.3 Å². The number of carbonyl (C=O) groups is 3. The molecule has 0 bridgehead atoms. The molecule has 0 spiro atoms. The predicted molar refractivity (Wildman–Crippen MR) is 85.0 cm³/mol. The summed E-state index contributed by atoms with van der Waals surface area (Å²) >= 11 is 2.41. The third-order valence-corrected chi connectivity index (χ3v) is 5.51. The summed E-state index contributed by atoms with van der Waals surface area (Å²) in [5.41, 5.74) is 1.34. The second-order valence-electron chi connectivity index (χ2n) is 4.55. The average molecular weight is 333 g/mol. The second kappa shape index (κ2) is 5.94. The number of imide groups is 1. The largest absolute Gasteiger partial charge is 0.465 e. The molecule has 0 radical (unpaired) electrons. The van der Waals surface area contributed by atoms with Gasteiger partial charge in [-0.2, -0.15) is 0 Å². The van der Waals surface area contributed by atoms with Gasteiger partial charge in [0.1, 0.15) is 5.25 Å². The zero-order chi connectivity index (χ0) is 15.7. The Morgan fingerprint density at radius 1 is 1.23 bits per heavy atom. The first-order chi connectivity index (χ1) is 10.6. The maximum absolute atomic E-state index is 11.7. The lowest BCUT2D eigenvalue weighted by atomic mass is 10.1. The highest BCUT2D eigenvalue weighted by molar-refractivity contribution is 8.15. The number of thioether (sulfide) groups is 1. The number of thiophene rings is 1. The Labute approximate surface area is 134 Å². The summed E-state index contributed by atoms with van der Waals surface area (Å²) < 4.78 is 4.71. The van der Waals surface area contributed by atoms with Gasteiger partial charge in [0.25, 0.3) is 5.24 Å². The summed E-state index contributed by atoms with van der Waals surface area (Å²) in [7, 11) is 1.34. The molecule has 22 heavy (non-hydrogen) atoms. The van der Waals surface area contributed by atoms with E-state index in [0.29, 0.717) is 5.56 Å². The van der Waals surface area contributed by atoms with Crippen LogP contribution in [0.5, 0.6) is 0 Å². The minimum atomic E-state index is -0.491. The van der Waals surface area contributed by atoms with Gasteiger partial charge < -0.3 is 4.74 Å². The zero-order valence-corrected chi connectivity index (χ0v) is 13.1. The van der Waals surface area contributed by atoms with E-state index in [-0.39, 0.29) is 11.1 Å². The van der Waals surface area contributed by atoms with Crippen LogP contribution in [0.25, 0.3) is 10.4 Å². The van der Waals surface area contributed by atoms with Gasteiger partial charge in [-0.25, -0.2) is 4.79 Å². The van der Waals surface area contributed by atoms with Gasteiger partial charge in [0, 0.05) is 9.75 Å². The lowest BCUT2D eigenvalue weighted by molar-refractivity contribution is -0.119. The number of ether oxygens (including phenoxy) is 1. The molecule has 112 valence electrons. The van der Waals surface area contributed by atoms with E-state index in [4.69, 9.17) is 4.74 Å². The predicted octanol–water partition coefficient (Wildman–Crippen LogP) is 3.23. The Kier molecular flexibility index (Phi) is 4.00. The van der Waals surface area contributed by atoms with E-state index in [2.05, 4.69) is 5.32 Å². The highest BCUT2D eigenvalue weighted by Gasteiger charge is 2.34. The number of hydrogen-bond donors (Lipinski definition) is 1. The molecule has 2 heterocycles. The van der Waals surface area contributed by atoms with Crippen molar-refractivity contribution in [3.63, 3.8) is 0 Å². The number of benzene rings is 1. The zero-order valence-electron chi connectivity index (χ0n) is 11.5.